The van der Waals surface area contributed by atoms with E-state index in [2.05, 4.69) is 0 Å². The minimum absolute atomic E-state index is 0.160. The molecule has 1 fully saturated rings. The summed E-state index contributed by atoms with van der Waals surface area (Å²) in [5.74, 6) is -0.274. The molecule has 2 aromatic carbocycles. The molecule has 0 bridgehead atoms. The number of hydrogen-bond acceptors (Lipinski definition) is 4. The molecule has 1 aliphatic heterocycles. The molecule has 1 saturated heterocycles. The minimum Gasteiger partial charge on any atom is -0.368 e. The van der Waals surface area contributed by atoms with E-state index in [9.17, 15) is 4.39 Å². The fraction of sp³-hybridized carbons (Fsp3) is 0.429. The molecule has 0 N–H and O–H groups in total. The lowest BCUT2D eigenvalue weighted by atomic mass is 10.1. The summed E-state index contributed by atoms with van der Waals surface area (Å²) in [6, 6.07) is 16.5. The molecule has 0 amide bonds. The number of ether oxygens (including phenoxy) is 4. The van der Waals surface area contributed by atoms with Gasteiger partial charge in [-0.1, -0.05) is 55.5 Å². The maximum absolute atomic E-state index is 13.9. The van der Waals surface area contributed by atoms with Crippen molar-refractivity contribution < 1.29 is 23.3 Å². The third-order valence-corrected chi connectivity index (χ3v) is 4.58. The van der Waals surface area contributed by atoms with E-state index in [4.69, 9.17) is 18.9 Å². The van der Waals surface area contributed by atoms with Crippen LogP contribution in [-0.4, -0.2) is 31.7 Å². The van der Waals surface area contributed by atoms with Crippen LogP contribution < -0.4 is 0 Å². The normalized spacial score (nSPS) is 25.5. The number of hydrogen-bond donors (Lipinski definition) is 0. The van der Waals surface area contributed by atoms with Crippen molar-refractivity contribution >= 4 is 0 Å². The van der Waals surface area contributed by atoms with Gasteiger partial charge in [0.25, 0.3) is 0 Å². The third kappa shape index (κ3) is 4.48. The Bertz CT molecular complexity index is 679. The van der Waals surface area contributed by atoms with Crippen LogP contribution >= 0.6 is 0 Å². The summed E-state index contributed by atoms with van der Waals surface area (Å²) in [6.45, 7) is 2.62. The van der Waals surface area contributed by atoms with Gasteiger partial charge < -0.3 is 18.9 Å². The third-order valence-electron chi connectivity index (χ3n) is 4.58. The summed E-state index contributed by atoms with van der Waals surface area (Å²) in [5, 5.41) is 0. The zero-order chi connectivity index (χ0) is 18.4. The highest BCUT2D eigenvalue weighted by Gasteiger charge is 2.45. The van der Waals surface area contributed by atoms with Crippen LogP contribution in [0.25, 0.3) is 0 Å². The lowest BCUT2D eigenvalue weighted by Gasteiger charge is -2.24. The van der Waals surface area contributed by atoms with Gasteiger partial charge in [0.2, 0.25) is 0 Å². The van der Waals surface area contributed by atoms with Crippen molar-refractivity contribution in [2.45, 2.75) is 51.2 Å². The Hall–Kier alpha value is -1.79. The van der Waals surface area contributed by atoms with Gasteiger partial charge in [0.15, 0.2) is 6.29 Å². The Morgan fingerprint density at radius 2 is 1.62 bits per heavy atom. The van der Waals surface area contributed by atoms with E-state index in [1.165, 1.54) is 6.07 Å². The Morgan fingerprint density at radius 3 is 2.31 bits per heavy atom. The summed E-state index contributed by atoms with van der Waals surface area (Å²) in [5.41, 5.74) is 1.58. The number of methoxy groups -OCH3 is 1. The van der Waals surface area contributed by atoms with E-state index in [-0.39, 0.29) is 30.7 Å². The Kier molecular flexibility index (Phi) is 6.74. The van der Waals surface area contributed by atoms with Crippen LogP contribution in [0, 0.1) is 5.82 Å². The number of benzene rings is 2. The zero-order valence-corrected chi connectivity index (χ0v) is 15.1. The SMILES string of the molecule is CC[C@H]1OC(OC)[C@H](OCc2ccccc2)[C@H]1OCc1ccccc1F. The molecule has 0 spiro atoms. The van der Waals surface area contributed by atoms with E-state index < -0.39 is 6.29 Å². The smallest absolute Gasteiger partial charge is 0.186 e. The summed E-state index contributed by atoms with van der Waals surface area (Å²) in [4.78, 5) is 0. The molecule has 3 rings (SSSR count). The summed E-state index contributed by atoms with van der Waals surface area (Å²) >= 11 is 0. The van der Waals surface area contributed by atoms with Crippen LogP contribution in [-0.2, 0) is 32.2 Å². The monoisotopic (exact) mass is 360 g/mol. The van der Waals surface area contributed by atoms with E-state index in [1.54, 1.807) is 25.3 Å². The molecular weight excluding hydrogens is 335 g/mol. The highest BCUT2D eigenvalue weighted by atomic mass is 19.1. The maximum Gasteiger partial charge on any atom is 0.186 e. The fourth-order valence-electron chi connectivity index (χ4n) is 3.16. The van der Waals surface area contributed by atoms with Crippen molar-refractivity contribution in [3.8, 4) is 0 Å². The quantitative estimate of drug-likeness (QED) is 0.711. The first-order valence-corrected chi connectivity index (χ1v) is 8.91. The van der Waals surface area contributed by atoms with Gasteiger partial charge in [0, 0.05) is 12.7 Å². The molecule has 1 unspecified atom stereocenters. The maximum atomic E-state index is 13.9. The standard InChI is InChI=1S/C21H25FO4/c1-3-18-19(25-14-16-11-7-8-12-17(16)22)20(21(23-2)26-18)24-13-15-9-5-4-6-10-15/h4-12,18-21H,3,13-14H2,1-2H3/t18-,19+,20-,21?/m1/s1. The second kappa shape index (κ2) is 9.24. The Morgan fingerprint density at radius 1 is 0.923 bits per heavy atom. The van der Waals surface area contributed by atoms with E-state index in [0.29, 0.717) is 12.2 Å². The van der Waals surface area contributed by atoms with Gasteiger partial charge in [-0.15, -0.1) is 0 Å². The highest BCUT2D eigenvalue weighted by Crippen LogP contribution is 2.30. The van der Waals surface area contributed by atoms with Crippen LogP contribution in [0.4, 0.5) is 4.39 Å². The van der Waals surface area contributed by atoms with Gasteiger partial charge in [0.05, 0.1) is 19.3 Å². The van der Waals surface area contributed by atoms with Gasteiger partial charge >= 0.3 is 0 Å². The van der Waals surface area contributed by atoms with E-state index >= 15 is 0 Å². The fourth-order valence-corrected chi connectivity index (χ4v) is 3.16. The van der Waals surface area contributed by atoms with Gasteiger partial charge in [-0.3, -0.25) is 0 Å². The second-order valence-electron chi connectivity index (χ2n) is 6.32. The first kappa shape index (κ1) is 19.0. The first-order valence-electron chi connectivity index (χ1n) is 8.91. The Balaban J connectivity index is 1.69. The molecule has 0 aliphatic carbocycles. The van der Waals surface area contributed by atoms with Crippen molar-refractivity contribution in [3.63, 3.8) is 0 Å². The molecule has 2 aromatic rings. The average molecular weight is 360 g/mol. The molecule has 26 heavy (non-hydrogen) atoms. The lowest BCUT2D eigenvalue weighted by molar-refractivity contribution is -0.166. The largest absolute Gasteiger partial charge is 0.368 e. The average Bonchev–Trinajstić information content (AvgIpc) is 3.03. The minimum atomic E-state index is -0.505. The molecule has 1 aliphatic rings. The van der Waals surface area contributed by atoms with Crippen LogP contribution in [0.2, 0.25) is 0 Å². The van der Waals surface area contributed by atoms with Gasteiger partial charge in [-0.05, 0) is 18.1 Å². The van der Waals surface area contributed by atoms with Gasteiger partial charge in [-0.2, -0.15) is 0 Å². The Labute approximate surface area is 153 Å². The van der Waals surface area contributed by atoms with Crippen molar-refractivity contribution in [2.24, 2.45) is 0 Å². The molecule has 0 radical (unpaired) electrons. The molecule has 140 valence electrons. The van der Waals surface area contributed by atoms with Crippen LogP contribution in [0.15, 0.2) is 54.6 Å². The highest BCUT2D eigenvalue weighted by molar-refractivity contribution is 5.16. The first-order chi connectivity index (χ1) is 12.7. The topological polar surface area (TPSA) is 36.9 Å². The van der Waals surface area contributed by atoms with Crippen LogP contribution in [0.3, 0.4) is 0 Å². The summed E-state index contributed by atoms with van der Waals surface area (Å²) in [7, 11) is 1.59. The number of halogens is 1. The van der Waals surface area contributed by atoms with Crippen molar-refractivity contribution in [2.75, 3.05) is 7.11 Å². The van der Waals surface area contributed by atoms with Crippen LogP contribution in [0.5, 0.6) is 0 Å². The van der Waals surface area contributed by atoms with Crippen molar-refractivity contribution in [3.05, 3.63) is 71.5 Å². The van der Waals surface area contributed by atoms with Gasteiger partial charge in [-0.25, -0.2) is 4.39 Å². The molecule has 5 heteroatoms. The molecule has 0 saturated carbocycles. The molecule has 0 aromatic heterocycles. The summed E-state index contributed by atoms with van der Waals surface area (Å²) < 4.78 is 37.4. The second-order valence-corrected chi connectivity index (χ2v) is 6.32. The van der Waals surface area contributed by atoms with E-state index in [0.717, 1.165) is 12.0 Å². The van der Waals surface area contributed by atoms with Crippen molar-refractivity contribution in [1.29, 1.82) is 0 Å². The summed E-state index contributed by atoms with van der Waals surface area (Å²) in [6.07, 6.45) is -0.612. The van der Waals surface area contributed by atoms with Crippen LogP contribution in [0.1, 0.15) is 24.5 Å². The molecule has 1 heterocycles. The molecular formula is C21H25FO4. The van der Waals surface area contributed by atoms with Crippen molar-refractivity contribution in [1.82, 2.24) is 0 Å². The zero-order valence-electron chi connectivity index (χ0n) is 15.1. The number of rotatable bonds is 8. The van der Waals surface area contributed by atoms with Gasteiger partial charge in [0.1, 0.15) is 18.0 Å². The predicted molar refractivity (Wildman–Crippen MR) is 96.0 cm³/mol. The molecule has 4 atom stereocenters. The predicted octanol–water partition coefficient (Wildman–Crippen LogP) is 4.08. The lowest BCUT2D eigenvalue weighted by Crippen LogP contribution is -2.38. The van der Waals surface area contributed by atoms with E-state index in [1.807, 2.05) is 37.3 Å². The molecule has 4 nitrogen and oxygen atoms in total.